The van der Waals surface area contributed by atoms with Gasteiger partial charge in [0.05, 0.1) is 24.3 Å². The lowest BCUT2D eigenvalue weighted by Crippen LogP contribution is -2.41. The molecule has 4 rings (SSSR count). The van der Waals surface area contributed by atoms with Crippen molar-refractivity contribution < 1.29 is 14.3 Å². The molecule has 1 aliphatic rings. The van der Waals surface area contributed by atoms with E-state index in [2.05, 4.69) is 30.3 Å². The number of hydrogen-bond acceptors (Lipinski definition) is 8. The van der Waals surface area contributed by atoms with E-state index in [9.17, 15) is 9.59 Å². The maximum absolute atomic E-state index is 12.9. The first-order valence-corrected chi connectivity index (χ1v) is 9.56. The summed E-state index contributed by atoms with van der Waals surface area (Å²) in [6, 6.07) is 8.64. The highest BCUT2D eigenvalue weighted by Crippen LogP contribution is 2.24. The number of nitrogens with one attached hydrogen (secondary N) is 1. The number of hydrogen-bond donors (Lipinski definition) is 1. The molecule has 1 unspecified atom stereocenters. The molecule has 1 fully saturated rings. The number of piperidine rings is 1. The van der Waals surface area contributed by atoms with Crippen LogP contribution >= 0.6 is 0 Å². The largest absolute Gasteiger partial charge is 0.465 e. The fourth-order valence-corrected chi connectivity index (χ4v) is 3.48. The minimum atomic E-state index is -0.488. The molecule has 2 aromatic heterocycles. The Balaban J connectivity index is 1.48. The molecule has 1 saturated heterocycles. The topological polar surface area (TPSA) is 115 Å². The van der Waals surface area contributed by atoms with Gasteiger partial charge in [-0.15, -0.1) is 0 Å². The number of carbonyl (C=O) groups is 2. The van der Waals surface area contributed by atoms with Crippen LogP contribution in [0.2, 0.25) is 0 Å². The average molecular weight is 407 g/mol. The van der Waals surface area contributed by atoms with Gasteiger partial charge in [-0.1, -0.05) is 12.1 Å². The summed E-state index contributed by atoms with van der Waals surface area (Å²) < 4.78 is 6.36. The van der Waals surface area contributed by atoms with Crippen LogP contribution in [0, 0.1) is 5.92 Å². The monoisotopic (exact) mass is 407 g/mol. The van der Waals surface area contributed by atoms with E-state index in [1.54, 1.807) is 35.3 Å². The lowest BCUT2D eigenvalue weighted by atomic mass is 9.96. The number of rotatable bonds is 5. The van der Waals surface area contributed by atoms with Crippen molar-refractivity contribution in [3.63, 3.8) is 0 Å². The van der Waals surface area contributed by atoms with Crippen molar-refractivity contribution in [2.45, 2.75) is 12.8 Å². The molecule has 0 saturated carbocycles. The van der Waals surface area contributed by atoms with Crippen LogP contribution in [0.5, 0.6) is 0 Å². The molecule has 10 heteroatoms. The second-order valence-electron chi connectivity index (χ2n) is 6.89. The summed E-state index contributed by atoms with van der Waals surface area (Å²) in [5, 5.41) is 6.97. The van der Waals surface area contributed by atoms with Crippen LogP contribution in [0.4, 0.5) is 11.5 Å². The second kappa shape index (κ2) is 8.68. The molecule has 10 nitrogen and oxygen atoms in total. The average Bonchev–Trinajstić information content (AvgIpc) is 3.34. The highest BCUT2D eigenvalue weighted by Gasteiger charge is 2.27. The fourth-order valence-electron chi connectivity index (χ4n) is 3.48. The Labute approximate surface area is 172 Å². The Bertz CT molecular complexity index is 1040. The maximum Gasteiger partial charge on any atom is 0.339 e. The van der Waals surface area contributed by atoms with Gasteiger partial charge in [0.1, 0.15) is 24.8 Å². The van der Waals surface area contributed by atoms with Crippen LogP contribution in [0.15, 0.2) is 49.3 Å². The van der Waals surface area contributed by atoms with Crippen LogP contribution in [-0.4, -0.2) is 56.8 Å². The molecule has 1 atom stereocenters. The first kappa shape index (κ1) is 19.5. The van der Waals surface area contributed by atoms with Gasteiger partial charge >= 0.3 is 5.97 Å². The van der Waals surface area contributed by atoms with Gasteiger partial charge in [-0.3, -0.25) is 4.79 Å². The molecule has 0 aliphatic carbocycles. The number of amides is 1. The number of aromatic nitrogens is 5. The van der Waals surface area contributed by atoms with Crippen molar-refractivity contribution in [1.82, 2.24) is 24.7 Å². The van der Waals surface area contributed by atoms with Crippen molar-refractivity contribution in [3.05, 3.63) is 54.9 Å². The zero-order valence-corrected chi connectivity index (χ0v) is 16.4. The number of benzene rings is 1. The van der Waals surface area contributed by atoms with E-state index in [0.29, 0.717) is 23.6 Å². The SMILES string of the molecule is COC(=O)c1ccccc1NC(=O)C1CCCN(c2cc(-n3cncn3)ncn2)C1. The summed E-state index contributed by atoms with van der Waals surface area (Å²) in [6.45, 7) is 1.30. The number of ether oxygens (including phenoxy) is 1. The van der Waals surface area contributed by atoms with Crippen LogP contribution in [0.1, 0.15) is 23.2 Å². The normalized spacial score (nSPS) is 16.2. The predicted octanol–water partition coefficient (Wildman–Crippen LogP) is 1.70. The van der Waals surface area contributed by atoms with Crippen LogP contribution in [-0.2, 0) is 9.53 Å². The van der Waals surface area contributed by atoms with E-state index >= 15 is 0 Å². The molecule has 30 heavy (non-hydrogen) atoms. The van der Waals surface area contributed by atoms with Gasteiger partial charge in [0.2, 0.25) is 5.91 Å². The van der Waals surface area contributed by atoms with E-state index in [1.165, 1.54) is 19.8 Å². The van der Waals surface area contributed by atoms with Gasteiger partial charge in [0.25, 0.3) is 0 Å². The number of methoxy groups -OCH3 is 1. The van der Waals surface area contributed by atoms with Gasteiger partial charge in [-0.2, -0.15) is 5.10 Å². The summed E-state index contributed by atoms with van der Waals surface area (Å²) >= 11 is 0. The highest BCUT2D eigenvalue weighted by molar-refractivity contribution is 6.02. The van der Waals surface area contributed by atoms with E-state index in [1.807, 2.05) is 6.07 Å². The third kappa shape index (κ3) is 4.12. The van der Waals surface area contributed by atoms with Gasteiger partial charge < -0.3 is 15.0 Å². The van der Waals surface area contributed by atoms with Crippen LogP contribution in [0.25, 0.3) is 5.82 Å². The molecule has 0 radical (unpaired) electrons. The van der Waals surface area contributed by atoms with Crippen molar-refractivity contribution in [2.75, 3.05) is 30.4 Å². The molecular formula is C20H21N7O3. The molecule has 1 N–H and O–H groups in total. The zero-order valence-electron chi connectivity index (χ0n) is 16.4. The Morgan fingerprint density at radius 1 is 1.17 bits per heavy atom. The number of carbonyl (C=O) groups excluding carboxylic acids is 2. The van der Waals surface area contributed by atoms with Gasteiger partial charge in [-0.25, -0.2) is 24.4 Å². The number of nitrogens with zero attached hydrogens (tertiary/aromatic N) is 6. The Morgan fingerprint density at radius 3 is 2.80 bits per heavy atom. The van der Waals surface area contributed by atoms with Gasteiger partial charge in [0, 0.05) is 19.2 Å². The molecule has 1 amide bonds. The summed E-state index contributed by atoms with van der Waals surface area (Å²) in [6.07, 6.45) is 6.08. The predicted molar refractivity (Wildman–Crippen MR) is 108 cm³/mol. The standard InChI is InChI=1S/C20H21N7O3/c1-30-20(29)15-6-2-3-7-16(15)25-19(28)14-5-4-8-26(10-14)17-9-18(23-12-22-17)27-13-21-11-24-27/h2-3,6-7,9,11-14H,4-5,8,10H2,1H3,(H,25,28). The van der Waals surface area contributed by atoms with Crippen molar-refractivity contribution >= 4 is 23.4 Å². The first-order chi connectivity index (χ1) is 14.7. The highest BCUT2D eigenvalue weighted by atomic mass is 16.5. The summed E-state index contributed by atoms with van der Waals surface area (Å²) in [5.74, 6) is 0.465. The first-order valence-electron chi connectivity index (χ1n) is 9.56. The molecule has 154 valence electrons. The smallest absolute Gasteiger partial charge is 0.339 e. The molecule has 0 spiro atoms. The van der Waals surface area contributed by atoms with Gasteiger partial charge in [-0.05, 0) is 25.0 Å². The zero-order chi connectivity index (χ0) is 20.9. The summed E-state index contributed by atoms with van der Waals surface area (Å²) in [5.41, 5.74) is 0.774. The number of esters is 1. The third-order valence-corrected chi connectivity index (χ3v) is 5.00. The Kier molecular flexibility index (Phi) is 5.64. The third-order valence-electron chi connectivity index (χ3n) is 5.00. The van der Waals surface area contributed by atoms with Crippen molar-refractivity contribution in [3.8, 4) is 5.82 Å². The van der Waals surface area contributed by atoms with E-state index in [4.69, 9.17) is 4.74 Å². The molecular weight excluding hydrogens is 386 g/mol. The lowest BCUT2D eigenvalue weighted by molar-refractivity contribution is -0.120. The fraction of sp³-hybridized carbons (Fsp3) is 0.300. The molecule has 1 aromatic carbocycles. The molecule has 3 aromatic rings. The Morgan fingerprint density at radius 2 is 2.00 bits per heavy atom. The lowest BCUT2D eigenvalue weighted by Gasteiger charge is -2.33. The molecule has 3 heterocycles. The number of para-hydroxylation sites is 1. The maximum atomic E-state index is 12.9. The van der Waals surface area contributed by atoms with E-state index < -0.39 is 5.97 Å². The minimum Gasteiger partial charge on any atom is -0.465 e. The summed E-state index contributed by atoms with van der Waals surface area (Å²) in [4.78, 5) is 39.4. The molecule has 0 bridgehead atoms. The van der Waals surface area contributed by atoms with Gasteiger partial charge in [0.15, 0.2) is 5.82 Å². The summed E-state index contributed by atoms with van der Waals surface area (Å²) in [7, 11) is 1.31. The second-order valence-corrected chi connectivity index (χ2v) is 6.89. The number of anilines is 2. The quantitative estimate of drug-likeness (QED) is 0.636. The van der Waals surface area contributed by atoms with E-state index in [-0.39, 0.29) is 11.8 Å². The van der Waals surface area contributed by atoms with Crippen LogP contribution < -0.4 is 10.2 Å². The molecule has 1 aliphatic heterocycles. The Hall–Kier alpha value is -3.82. The van der Waals surface area contributed by atoms with Crippen molar-refractivity contribution in [1.29, 1.82) is 0 Å². The minimum absolute atomic E-state index is 0.137. The van der Waals surface area contributed by atoms with E-state index in [0.717, 1.165) is 25.2 Å². The van der Waals surface area contributed by atoms with Crippen LogP contribution in [0.3, 0.4) is 0 Å². The van der Waals surface area contributed by atoms with Crippen molar-refractivity contribution in [2.24, 2.45) is 5.92 Å².